The second-order valence-corrected chi connectivity index (χ2v) is 7.54. The Morgan fingerprint density at radius 1 is 1.10 bits per heavy atom. The van der Waals surface area contributed by atoms with Crippen molar-refractivity contribution in [3.63, 3.8) is 0 Å². The Balaban J connectivity index is 1.63. The zero-order valence-corrected chi connectivity index (χ0v) is 17.8. The van der Waals surface area contributed by atoms with E-state index in [0.717, 1.165) is 36.2 Å². The summed E-state index contributed by atoms with van der Waals surface area (Å²) in [6.07, 6.45) is 5.14. The minimum absolute atomic E-state index is 0.00647. The van der Waals surface area contributed by atoms with Gasteiger partial charge in [0, 0.05) is 64.1 Å². The molecule has 0 unspecified atom stereocenters. The van der Waals surface area contributed by atoms with Gasteiger partial charge in [-0.05, 0) is 23.6 Å². The molecule has 1 fully saturated rings. The first kappa shape index (κ1) is 21.7. The predicted octanol–water partition coefficient (Wildman–Crippen LogP) is 1.51. The van der Waals surface area contributed by atoms with Crippen molar-refractivity contribution in [3.8, 4) is 11.1 Å². The standard InChI is InChI=1S/C22H30N6O2/c1-3-5-20(29)27-8-10-28(11-9-27)22-24-14-19(15-25-22)18-7-4-6-17(12-18)16-26(2)21(30)13-23/h4,6-7,12,14-15H,3,5,8-11,13,16,23H2,1-2H3. The Hall–Kier alpha value is -3.00. The van der Waals surface area contributed by atoms with Crippen molar-refractivity contribution < 1.29 is 9.59 Å². The largest absolute Gasteiger partial charge is 0.340 e. The SMILES string of the molecule is CCCC(=O)N1CCN(c2ncc(-c3cccc(CN(C)C(=O)CN)c3)cn2)CC1. The predicted molar refractivity (Wildman–Crippen MR) is 117 cm³/mol. The van der Waals surface area contributed by atoms with Crippen LogP contribution in [0.5, 0.6) is 0 Å². The van der Waals surface area contributed by atoms with Crippen molar-refractivity contribution in [2.45, 2.75) is 26.3 Å². The van der Waals surface area contributed by atoms with Gasteiger partial charge in [0.15, 0.2) is 0 Å². The van der Waals surface area contributed by atoms with Crippen LogP contribution in [0.3, 0.4) is 0 Å². The zero-order chi connectivity index (χ0) is 21.5. The third-order valence-corrected chi connectivity index (χ3v) is 5.30. The van der Waals surface area contributed by atoms with Crippen LogP contribution in [0.2, 0.25) is 0 Å². The zero-order valence-electron chi connectivity index (χ0n) is 17.8. The first-order chi connectivity index (χ1) is 14.5. The molecule has 0 radical (unpaired) electrons. The highest BCUT2D eigenvalue weighted by Crippen LogP contribution is 2.21. The Labute approximate surface area is 177 Å². The number of benzene rings is 1. The summed E-state index contributed by atoms with van der Waals surface area (Å²) in [4.78, 5) is 38.5. The van der Waals surface area contributed by atoms with Crippen LogP contribution in [-0.4, -0.2) is 71.4 Å². The van der Waals surface area contributed by atoms with Crippen molar-refractivity contribution in [1.82, 2.24) is 19.8 Å². The van der Waals surface area contributed by atoms with Crippen molar-refractivity contribution in [2.24, 2.45) is 5.73 Å². The fourth-order valence-corrected chi connectivity index (χ4v) is 3.53. The summed E-state index contributed by atoms with van der Waals surface area (Å²) in [5.41, 5.74) is 8.37. The third kappa shape index (κ3) is 5.33. The molecule has 30 heavy (non-hydrogen) atoms. The minimum Gasteiger partial charge on any atom is -0.340 e. The summed E-state index contributed by atoms with van der Waals surface area (Å²) in [5, 5.41) is 0. The number of nitrogens with zero attached hydrogens (tertiary/aromatic N) is 5. The Morgan fingerprint density at radius 2 is 1.80 bits per heavy atom. The van der Waals surface area contributed by atoms with Gasteiger partial charge in [-0.3, -0.25) is 9.59 Å². The molecule has 1 aliphatic heterocycles. The van der Waals surface area contributed by atoms with E-state index in [2.05, 4.69) is 14.9 Å². The molecule has 0 aliphatic carbocycles. The van der Waals surface area contributed by atoms with E-state index in [1.165, 1.54) is 0 Å². The number of piperazine rings is 1. The van der Waals surface area contributed by atoms with Gasteiger partial charge in [-0.25, -0.2) is 9.97 Å². The highest BCUT2D eigenvalue weighted by Gasteiger charge is 2.22. The van der Waals surface area contributed by atoms with Crippen LogP contribution < -0.4 is 10.6 Å². The molecule has 160 valence electrons. The number of likely N-dealkylation sites (N-methyl/N-ethyl adjacent to an activating group) is 1. The number of hydrogen-bond donors (Lipinski definition) is 1. The highest BCUT2D eigenvalue weighted by molar-refractivity contribution is 5.78. The average molecular weight is 411 g/mol. The number of nitrogens with two attached hydrogens (primary N) is 1. The van der Waals surface area contributed by atoms with E-state index in [1.54, 1.807) is 11.9 Å². The molecule has 1 aliphatic rings. The molecular formula is C22H30N6O2. The monoisotopic (exact) mass is 410 g/mol. The van der Waals surface area contributed by atoms with Gasteiger partial charge in [0.1, 0.15) is 0 Å². The molecule has 1 saturated heterocycles. The number of carbonyl (C=O) groups is 2. The van der Waals surface area contributed by atoms with Crippen LogP contribution in [0.25, 0.3) is 11.1 Å². The van der Waals surface area contributed by atoms with Gasteiger partial charge in [-0.2, -0.15) is 0 Å². The molecule has 2 amide bonds. The van der Waals surface area contributed by atoms with E-state index in [9.17, 15) is 9.59 Å². The van der Waals surface area contributed by atoms with Crippen molar-refractivity contribution in [1.29, 1.82) is 0 Å². The molecule has 8 heteroatoms. The number of aromatic nitrogens is 2. The third-order valence-electron chi connectivity index (χ3n) is 5.30. The maximum atomic E-state index is 12.0. The van der Waals surface area contributed by atoms with Gasteiger partial charge in [-0.1, -0.05) is 25.1 Å². The van der Waals surface area contributed by atoms with Crippen LogP contribution in [-0.2, 0) is 16.1 Å². The number of amides is 2. The Bertz CT molecular complexity index is 862. The first-order valence-electron chi connectivity index (χ1n) is 10.4. The maximum absolute atomic E-state index is 12.0. The highest BCUT2D eigenvalue weighted by atomic mass is 16.2. The molecule has 0 saturated carbocycles. The lowest BCUT2D eigenvalue weighted by atomic mass is 10.1. The molecule has 3 rings (SSSR count). The van der Waals surface area contributed by atoms with Crippen LogP contribution in [0.1, 0.15) is 25.3 Å². The molecule has 1 aromatic heterocycles. The smallest absolute Gasteiger partial charge is 0.236 e. The van der Waals surface area contributed by atoms with Crippen molar-refractivity contribution in [3.05, 3.63) is 42.2 Å². The van der Waals surface area contributed by atoms with E-state index < -0.39 is 0 Å². The van der Waals surface area contributed by atoms with Gasteiger partial charge in [0.25, 0.3) is 0 Å². The van der Waals surface area contributed by atoms with Crippen LogP contribution >= 0.6 is 0 Å². The van der Waals surface area contributed by atoms with Crippen molar-refractivity contribution >= 4 is 17.8 Å². The first-order valence-corrected chi connectivity index (χ1v) is 10.4. The van der Waals surface area contributed by atoms with E-state index in [4.69, 9.17) is 5.73 Å². The van der Waals surface area contributed by atoms with E-state index in [0.29, 0.717) is 32.0 Å². The van der Waals surface area contributed by atoms with Gasteiger partial charge in [0.05, 0.1) is 6.54 Å². The Kier molecular flexibility index (Phi) is 7.35. The fourth-order valence-electron chi connectivity index (χ4n) is 3.53. The molecule has 2 heterocycles. The average Bonchev–Trinajstić information content (AvgIpc) is 2.79. The number of rotatable bonds is 7. The van der Waals surface area contributed by atoms with Gasteiger partial charge in [0.2, 0.25) is 17.8 Å². The second kappa shape index (κ2) is 10.2. The maximum Gasteiger partial charge on any atom is 0.236 e. The summed E-state index contributed by atoms with van der Waals surface area (Å²) < 4.78 is 0. The lowest BCUT2D eigenvalue weighted by Crippen LogP contribution is -2.49. The lowest BCUT2D eigenvalue weighted by Gasteiger charge is -2.34. The van der Waals surface area contributed by atoms with Gasteiger partial charge in [-0.15, -0.1) is 0 Å². The topological polar surface area (TPSA) is 95.7 Å². The van der Waals surface area contributed by atoms with E-state index in [1.807, 2.05) is 48.5 Å². The molecule has 2 N–H and O–H groups in total. The molecule has 0 atom stereocenters. The van der Waals surface area contributed by atoms with Crippen molar-refractivity contribution in [2.75, 3.05) is 44.7 Å². The number of anilines is 1. The summed E-state index contributed by atoms with van der Waals surface area (Å²) in [6, 6.07) is 7.99. The quantitative estimate of drug-likeness (QED) is 0.743. The van der Waals surface area contributed by atoms with Gasteiger partial charge >= 0.3 is 0 Å². The Morgan fingerprint density at radius 3 is 2.43 bits per heavy atom. The lowest BCUT2D eigenvalue weighted by molar-refractivity contribution is -0.131. The van der Waals surface area contributed by atoms with Crippen LogP contribution in [0.4, 0.5) is 5.95 Å². The summed E-state index contributed by atoms with van der Waals surface area (Å²) in [5.74, 6) is 0.822. The summed E-state index contributed by atoms with van der Waals surface area (Å²) in [7, 11) is 1.75. The summed E-state index contributed by atoms with van der Waals surface area (Å²) in [6.45, 7) is 5.44. The molecule has 1 aromatic carbocycles. The molecule has 2 aromatic rings. The second-order valence-electron chi connectivity index (χ2n) is 7.54. The van der Waals surface area contributed by atoms with E-state index in [-0.39, 0.29) is 18.4 Å². The number of hydrogen-bond acceptors (Lipinski definition) is 6. The molecule has 0 bridgehead atoms. The minimum atomic E-state index is -0.0930. The summed E-state index contributed by atoms with van der Waals surface area (Å²) >= 11 is 0. The molecule has 0 spiro atoms. The normalized spacial score (nSPS) is 14.0. The number of carbonyl (C=O) groups excluding carboxylic acids is 2. The van der Waals surface area contributed by atoms with E-state index >= 15 is 0 Å². The molecule has 8 nitrogen and oxygen atoms in total. The van der Waals surface area contributed by atoms with Gasteiger partial charge < -0.3 is 20.4 Å². The molecular weight excluding hydrogens is 380 g/mol. The van der Waals surface area contributed by atoms with Crippen LogP contribution in [0, 0.1) is 0 Å². The van der Waals surface area contributed by atoms with Crippen LogP contribution in [0.15, 0.2) is 36.7 Å². The fraction of sp³-hybridized carbons (Fsp3) is 0.455.